The van der Waals surface area contributed by atoms with E-state index in [0.717, 1.165) is 4.57 Å². The average Bonchev–Trinajstić information content (AvgIpc) is 2.47. The minimum atomic E-state index is -0.602. The number of ether oxygens (including phenoxy) is 2. The quantitative estimate of drug-likeness (QED) is 0.873. The van der Waals surface area contributed by atoms with E-state index in [9.17, 15) is 9.59 Å². The minimum Gasteiger partial charge on any atom is -0.493 e. The molecule has 0 bridgehead atoms. The first kappa shape index (κ1) is 15.2. The number of rotatable bonds is 4. The molecule has 0 atom stereocenters. The van der Waals surface area contributed by atoms with Crippen molar-refractivity contribution in [2.24, 2.45) is 0 Å². The first-order valence-corrected chi connectivity index (χ1v) is 6.67. The van der Waals surface area contributed by atoms with Gasteiger partial charge in [0.25, 0.3) is 5.56 Å². The third-order valence-electron chi connectivity index (χ3n) is 3.12. The van der Waals surface area contributed by atoms with Crippen molar-refractivity contribution in [3.8, 4) is 17.2 Å². The molecule has 0 unspecified atom stereocenters. The smallest absolute Gasteiger partial charge is 0.334 e. The van der Waals surface area contributed by atoms with Crippen molar-refractivity contribution in [3.63, 3.8) is 0 Å². The van der Waals surface area contributed by atoms with Gasteiger partial charge in [0.2, 0.25) is 0 Å². The Morgan fingerprint density at radius 3 is 2.43 bits per heavy atom. The molecule has 1 heterocycles. The minimum absolute atomic E-state index is 0.0734. The van der Waals surface area contributed by atoms with Crippen molar-refractivity contribution in [2.45, 2.75) is 13.3 Å². The van der Waals surface area contributed by atoms with Crippen LogP contribution in [0.5, 0.6) is 11.5 Å². The van der Waals surface area contributed by atoms with E-state index < -0.39 is 11.2 Å². The van der Waals surface area contributed by atoms with E-state index >= 15 is 0 Å². The van der Waals surface area contributed by atoms with Crippen LogP contribution in [0.15, 0.2) is 27.8 Å². The summed E-state index contributed by atoms with van der Waals surface area (Å²) in [7, 11) is 2.99. The lowest BCUT2D eigenvalue weighted by molar-refractivity contribution is 0.355. The highest BCUT2D eigenvalue weighted by molar-refractivity contribution is 6.30. The fourth-order valence-electron chi connectivity index (χ4n) is 2.05. The Bertz CT molecular complexity index is 780. The third-order valence-corrected chi connectivity index (χ3v) is 3.45. The molecule has 21 heavy (non-hydrogen) atoms. The number of aromatic nitrogens is 2. The van der Waals surface area contributed by atoms with Gasteiger partial charge in [0, 0.05) is 6.07 Å². The number of benzene rings is 1. The van der Waals surface area contributed by atoms with E-state index in [1.807, 2.05) is 0 Å². The lowest BCUT2D eigenvalue weighted by atomic mass is 10.2. The summed E-state index contributed by atoms with van der Waals surface area (Å²) in [6, 6.07) is 4.79. The maximum Gasteiger partial charge on any atom is 0.334 e. The van der Waals surface area contributed by atoms with Gasteiger partial charge in [-0.2, -0.15) is 0 Å². The Morgan fingerprint density at radius 1 is 1.19 bits per heavy atom. The summed E-state index contributed by atoms with van der Waals surface area (Å²) in [4.78, 5) is 26.9. The topological polar surface area (TPSA) is 73.3 Å². The molecule has 2 rings (SSSR count). The molecule has 0 spiro atoms. The highest BCUT2D eigenvalue weighted by atomic mass is 35.5. The molecule has 0 saturated heterocycles. The van der Waals surface area contributed by atoms with Gasteiger partial charge < -0.3 is 9.47 Å². The van der Waals surface area contributed by atoms with Gasteiger partial charge in [-0.1, -0.05) is 18.5 Å². The lowest BCUT2D eigenvalue weighted by Gasteiger charge is -2.11. The van der Waals surface area contributed by atoms with Crippen molar-refractivity contribution in [1.82, 2.24) is 9.55 Å². The van der Waals surface area contributed by atoms with Crippen LogP contribution < -0.4 is 20.7 Å². The fraction of sp³-hybridized carbons (Fsp3) is 0.286. The number of halogens is 1. The van der Waals surface area contributed by atoms with Crippen LogP contribution in [0.2, 0.25) is 5.15 Å². The molecule has 7 heteroatoms. The molecule has 1 aromatic carbocycles. The first-order chi connectivity index (χ1) is 10.0. The zero-order valence-electron chi connectivity index (χ0n) is 11.9. The second-order valence-electron chi connectivity index (χ2n) is 4.26. The molecule has 1 aromatic heterocycles. The Kier molecular flexibility index (Phi) is 4.37. The van der Waals surface area contributed by atoms with Crippen molar-refractivity contribution < 1.29 is 9.47 Å². The van der Waals surface area contributed by atoms with E-state index in [1.54, 1.807) is 25.1 Å². The van der Waals surface area contributed by atoms with Gasteiger partial charge in [0.1, 0.15) is 5.15 Å². The summed E-state index contributed by atoms with van der Waals surface area (Å²) in [6.07, 6.45) is 0.418. The molecule has 6 nitrogen and oxygen atoms in total. The lowest BCUT2D eigenvalue weighted by Crippen LogP contribution is -2.36. The molecule has 0 aliphatic rings. The summed E-state index contributed by atoms with van der Waals surface area (Å²) in [6.45, 7) is 1.79. The van der Waals surface area contributed by atoms with Crippen LogP contribution in [0, 0.1) is 0 Å². The van der Waals surface area contributed by atoms with E-state index in [0.29, 0.717) is 29.2 Å². The largest absolute Gasteiger partial charge is 0.493 e. The zero-order chi connectivity index (χ0) is 15.6. The standard InChI is InChI=1S/C14H15ClN2O4/c1-4-9-12(15)16-14(19)17(13(9)18)8-5-6-10(20-2)11(7-8)21-3/h5-7H,4H2,1-3H3,(H,16,19). The highest BCUT2D eigenvalue weighted by Crippen LogP contribution is 2.28. The maximum absolute atomic E-state index is 12.4. The van der Waals surface area contributed by atoms with Gasteiger partial charge in [-0.15, -0.1) is 0 Å². The first-order valence-electron chi connectivity index (χ1n) is 6.29. The van der Waals surface area contributed by atoms with E-state index in [4.69, 9.17) is 21.1 Å². The Labute approximate surface area is 125 Å². The summed E-state index contributed by atoms with van der Waals surface area (Å²) in [5, 5.41) is 0.0734. The second-order valence-corrected chi connectivity index (χ2v) is 4.63. The predicted molar refractivity (Wildman–Crippen MR) is 80.2 cm³/mol. The van der Waals surface area contributed by atoms with Crippen LogP contribution in [0.4, 0.5) is 0 Å². The van der Waals surface area contributed by atoms with Crippen LogP contribution in [-0.4, -0.2) is 23.8 Å². The number of hydrogen-bond acceptors (Lipinski definition) is 4. The van der Waals surface area contributed by atoms with Gasteiger partial charge in [-0.05, 0) is 18.6 Å². The van der Waals surface area contributed by atoms with Crippen LogP contribution in [-0.2, 0) is 6.42 Å². The zero-order valence-corrected chi connectivity index (χ0v) is 12.7. The van der Waals surface area contributed by atoms with Gasteiger partial charge >= 0.3 is 5.69 Å². The van der Waals surface area contributed by atoms with Crippen molar-refractivity contribution >= 4 is 11.6 Å². The molecule has 0 amide bonds. The van der Waals surface area contributed by atoms with Gasteiger partial charge in [0.05, 0.1) is 25.5 Å². The SMILES string of the molecule is CCc1c(Cl)[nH]c(=O)n(-c2ccc(OC)c(OC)c2)c1=O. The molecule has 0 radical (unpaired) electrons. The molecule has 0 aliphatic carbocycles. The Balaban J connectivity index is 2.73. The second kappa shape index (κ2) is 6.05. The Morgan fingerprint density at radius 2 is 1.86 bits per heavy atom. The van der Waals surface area contributed by atoms with E-state index in [1.165, 1.54) is 14.2 Å². The van der Waals surface area contributed by atoms with Gasteiger partial charge in [-0.3, -0.25) is 9.78 Å². The number of nitrogens with zero attached hydrogens (tertiary/aromatic N) is 1. The van der Waals surface area contributed by atoms with Crippen LogP contribution in [0.3, 0.4) is 0 Å². The van der Waals surface area contributed by atoms with Gasteiger partial charge in [-0.25, -0.2) is 9.36 Å². The highest BCUT2D eigenvalue weighted by Gasteiger charge is 2.14. The molecular formula is C14H15ClN2O4. The number of H-pyrrole nitrogens is 1. The average molecular weight is 311 g/mol. The molecule has 112 valence electrons. The third kappa shape index (κ3) is 2.67. The molecule has 0 aliphatic heterocycles. The normalized spacial score (nSPS) is 10.5. The van der Waals surface area contributed by atoms with Gasteiger partial charge in [0.15, 0.2) is 11.5 Å². The van der Waals surface area contributed by atoms with Crippen LogP contribution >= 0.6 is 11.6 Å². The summed E-state index contributed by atoms with van der Waals surface area (Å²) < 4.78 is 11.3. The number of methoxy groups -OCH3 is 2. The number of nitrogens with one attached hydrogen (secondary N) is 1. The number of aromatic amines is 1. The van der Waals surface area contributed by atoms with Crippen molar-refractivity contribution in [2.75, 3.05) is 14.2 Å². The maximum atomic E-state index is 12.4. The summed E-state index contributed by atoms with van der Waals surface area (Å²) >= 11 is 5.89. The molecule has 2 aromatic rings. The molecule has 0 saturated carbocycles. The summed E-state index contributed by atoms with van der Waals surface area (Å²) in [5.74, 6) is 0.935. The number of hydrogen-bond donors (Lipinski definition) is 1. The predicted octanol–water partition coefficient (Wildman–Crippen LogP) is 1.76. The summed E-state index contributed by atoms with van der Waals surface area (Å²) in [5.41, 5.74) is -0.316. The fourth-order valence-corrected chi connectivity index (χ4v) is 2.35. The van der Waals surface area contributed by atoms with Crippen LogP contribution in [0.25, 0.3) is 5.69 Å². The molecule has 0 fully saturated rings. The van der Waals surface area contributed by atoms with Crippen molar-refractivity contribution in [1.29, 1.82) is 0 Å². The Hall–Kier alpha value is -2.21. The monoisotopic (exact) mass is 310 g/mol. The molecule has 1 N–H and O–H groups in total. The van der Waals surface area contributed by atoms with Crippen LogP contribution in [0.1, 0.15) is 12.5 Å². The molecular weight excluding hydrogens is 296 g/mol. The van der Waals surface area contributed by atoms with Crippen molar-refractivity contribution in [3.05, 3.63) is 49.8 Å². The van der Waals surface area contributed by atoms with E-state index in [-0.39, 0.29) is 5.15 Å². The van der Waals surface area contributed by atoms with E-state index in [2.05, 4.69) is 4.98 Å².